The number of hydrogen-bond acceptors (Lipinski definition) is 3. The van der Waals surface area contributed by atoms with E-state index in [1.165, 1.54) is 5.56 Å². The first-order valence-corrected chi connectivity index (χ1v) is 5.51. The highest BCUT2D eigenvalue weighted by Crippen LogP contribution is 1.99. The molecule has 0 bridgehead atoms. The third-order valence-electron chi connectivity index (χ3n) is 2.50. The van der Waals surface area contributed by atoms with Gasteiger partial charge in [0.05, 0.1) is 0 Å². The average molecular weight is 221 g/mol. The Kier molecular flexibility index (Phi) is 5.50. The van der Waals surface area contributed by atoms with Crippen molar-refractivity contribution < 1.29 is 4.79 Å². The second-order valence-electron chi connectivity index (χ2n) is 3.77. The first-order valence-electron chi connectivity index (χ1n) is 5.51. The van der Waals surface area contributed by atoms with E-state index in [1.54, 1.807) is 17.3 Å². The number of rotatable bonds is 6. The number of amides is 1. The number of likely N-dealkylation sites (N-methyl/N-ethyl adjacent to an activating group) is 1. The largest absolute Gasteiger partial charge is 0.345 e. The van der Waals surface area contributed by atoms with E-state index in [0.717, 1.165) is 19.5 Å². The van der Waals surface area contributed by atoms with Gasteiger partial charge in [0.15, 0.2) is 0 Å². The fraction of sp³-hybridized carbons (Fsp3) is 0.500. The molecule has 0 unspecified atom stereocenters. The van der Waals surface area contributed by atoms with Crippen LogP contribution in [0.1, 0.15) is 12.0 Å². The highest BCUT2D eigenvalue weighted by Gasteiger charge is 2.07. The van der Waals surface area contributed by atoms with Gasteiger partial charge in [0.25, 0.3) is 0 Å². The normalized spacial score (nSPS) is 10.1. The molecule has 4 nitrogen and oxygen atoms in total. The maximum Gasteiger partial charge on any atom is 0.223 e. The summed E-state index contributed by atoms with van der Waals surface area (Å²) in [5.74, 6) is 0.184. The topological polar surface area (TPSA) is 45.2 Å². The van der Waals surface area contributed by atoms with Gasteiger partial charge in [-0.05, 0) is 31.2 Å². The van der Waals surface area contributed by atoms with Gasteiger partial charge in [0.2, 0.25) is 5.91 Å². The van der Waals surface area contributed by atoms with E-state index in [0.29, 0.717) is 6.42 Å². The molecular formula is C12H19N3O. The van der Waals surface area contributed by atoms with Crippen LogP contribution in [0.2, 0.25) is 0 Å². The highest BCUT2D eigenvalue weighted by atomic mass is 16.2. The van der Waals surface area contributed by atoms with Crippen molar-refractivity contribution in [2.75, 3.05) is 27.2 Å². The third-order valence-corrected chi connectivity index (χ3v) is 2.50. The van der Waals surface area contributed by atoms with E-state index in [2.05, 4.69) is 10.3 Å². The van der Waals surface area contributed by atoms with Crippen LogP contribution in [-0.4, -0.2) is 43.0 Å². The van der Waals surface area contributed by atoms with Crippen LogP contribution in [0.25, 0.3) is 0 Å². The number of hydrogen-bond donors (Lipinski definition) is 1. The average Bonchev–Trinajstić information content (AvgIpc) is 2.34. The molecule has 0 aliphatic heterocycles. The molecule has 0 radical (unpaired) electrons. The molecule has 1 aromatic rings. The number of carbonyl (C=O) groups excluding carboxylic acids is 1. The lowest BCUT2D eigenvalue weighted by molar-refractivity contribution is -0.129. The van der Waals surface area contributed by atoms with Crippen molar-refractivity contribution in [2.45, 2.75) is 12.8 Å². The summed E-state index contributed by atoms with van der Waals surface area (Å²) in [6.07, 6.45) is 4.99. The second-order valence-corrected chi connectivity index (χ2v) is 3.77. The lowest BCUT2D eigenvalue weighted by atomic mass is 10.2. The number of pyridine rings is 1. The van der Waals surface area contributed by atoms with E-state index in [9.17, 15) is 4.79 Å². The third kappa shape index (κ3) is 4.40. The molecular weight excluding hydrogens is 202 g/mol. The summed E-state index contributed by atoms with van der Waals surface area (Å²) in [4.78, 5) is 17.3. The summed E-state index contributed by atoms with van der Waals surface area (Å²) in [5, 5.41) is 2.97. The summed E-state index contributed by atoms with van der Waals surface area (Å²) in [7, 11) is 3.70. The zero-order valence-electron chi connectivity index (χ0n) is 9.94. The van der Waals surface area contributed by atoms with Gasteiger partial charge in [0.1, 0.15) is 0 Å². The zero-order chi connectivity index (χ0) is 11.8. The lowest BCUT2D eigenvalue weighted by Crippen LogP contribution is -2.30. The fourth-order valence-electron chi connectivity index (χ4n) is 1.39. The molecule has 4 heteroatoms. The number of aromatic nitrogens is 1. The number of nitrogens with one attached hydrogen (secondary N) is 1. The Morgan fingerprint density at radius 2 is 2.12 bits per heavy atom. The molecule has 0 aromatic carbocycles. The van der Waals surface area contributed by atoms with E-state index in [-0.39, 0.29) is 5.91 Å². The molecule has 16 heavy (non-hydrogen) atoms. The van der Waals surface area contributed by atoms with Crippen LogP contribution in [0.15, 0.2) is 24.5 Å². The Hall–Kier alpha value is -1.42. The first kappa shape index (κ1) is 12.6. The van der Waals surface area contributed by atoms with Crippen molar-refractivity contribution in [1.29, 1.82) is 0 Å². The molecule has 0 atom stereocenters. The van der Waals surface area contributed by atoms with Gasteiger partial charge in [-0.1, -0.05) is 0 Å². The molecule has 0 saturated heterocycles. The molecule has 0 fully saturated rings. The summed E-state index contributed by atoms with van der Waals surface area (Å²) >= 11 is 0. The van der Waals surface area contributed by atoms with E-state index >= 15 is 0 Å². The summed E-state index contributed by atoms with van der Waals surface area (Å²) in [6.45, 7) is 1.49. The first-order chi connectivity index (χ1) is 7.74. The van der Waals surface area contributed by atoms with Crippen LogP contribution in [-0.2, 0) is 11.2 Å². The molecule has 0 saturated carbocycles. The minimum Gasteiger partial charge on any atom is -0.345 e. The SMILES string of the molecule is CNCCC(=O)N(C)CCc1ccncc1. The van der Waals surface area contributed by atoms with Crippen LogP contribution in [0.5, 0.6) is 0 Å². The van der Waals surface area contributed by atoms with Crippen LogP contribution >= 0.6 is 0 Å². The summed E-state index contributed by atoms with van der Waals surface area (Å²) in [5.41, 5.74) is 1.21. The van der Waals surface area contributed by atoms with Crippen molar-refractivity contribution in [1.82, 2.24) is 15.2 Å². The minimum atomic E-state index is 0.184. The van der Waals surface area contributed by atoms with E-state index in [1.807, 2.05) is 26.2 Å². The van der Waals surface area contributed by atoms with Crippen molar-refractivity contribution in [3.8, 4) is 0 Å². The zero-order valence-corrected chi connectivity index (χ0v) is 9.94. The smallest absolute Gasteiger partial charge is 0.223 e. The maximum atomic E-state index is 11.6. The van der Waals surface area contributed by atoms with Gasteiger partial charge in [0, 0.05) is 39.0 Å². The predicted molar refractivity (Wildman–Crippen MR) is 64.1 cm³/mol. The molecule has 1 amide bonds. The highest BCUT2D eigenvalue weighted by molar-refractivity contribution is 5.76. The van der Waals surface area contributed by atoms with Gasteiger partial charge >= 0.3 is 0 Å². The molecule has 88 valence electrons. The molecule has 1 rings (SSSR count). The lowest BCUT2D eigenvalue weighted by Gasteiger charge is -2.16. The van der Waals surface area contributed by atoms with E-state index < -0.39 is 0 Å². The van der Waals surface area contributed by atoms with E-state index in [4.69, 9.17) is 0 Å². The molecule has 1 N–H and O–H groups in total. The quantitative estimate of drug-likeness (QED) is 0.769. The summed E-state index contributed by atoms with van der Waals surface area (Å²) < 4.78 is 0. The number of nitrogens with zero attached hydrogens (tertiary/aromatic N) is 2. The van der Waals surface area contributed by atoms with Gasteiger partial charge in [-0.25, -0.2) is 0 Å². The fourth-order valence-corrected chi connectivity index (χ4v) is 1.39. The van der Waals surface area contributed by atoms with Crippen molar-refractivity contribution in [3.63, 3.8) is 0 Å². The Bertz CT molecular complexity index is 313. The van der Waals surface area contributed by atoms with Crippen molar-refractivity contribution in [2.24, 2.45) is 0 Å². The van der Waals surface area contributed by atoms with Crippen LogP contribution in [0.3, 0.4) is 0 Å². The Morgan fingerprint density at radius 3 is 2.75 bits per heavy atom. The molecule has 1 aromatic heterocycles. The molecule has 0 aliphatic rings. The van der Waals surface area contributed by atoms with Crippen LogP contribution in [0.4, 0.5) is 0 Å². The van der Waals surface area contributed by atoms with Crippen molar-refractivity contribution in [3.05, 3.63) is 30.1 Å². The standard InChI is InChI=1S/C12H19N3O/c1-13-7-5-12(16)15(2)10-6-11-3-8-14-9-4-11/h3-4,8-9,13H,5-7,10H2,1-2H3. The Morgan fingerprint density at radius 1 is 1.44 bits per heavy atom. The Balaban J connectivity index is 2.29. The van der Waals surface area contributed by atoms with Gasteiger partial charge in [-0.15, -0.1) is 0 Å². The van der Waals surface area contributed by atoms with Gasteiger partial charge < -0.3 is 10.2 Å². The molecule has 0 aliphatic carbocycles. The molecule has 1 heterocycles. The second kappa shape index (κ2) is 6.95. The minimum absolute atomic E-state index is 0.184. The summed E-state index contributed by atoms with van der Waals surface area (Å²) in [6, 6.07) is 3.96. The van der Waals surface area contributed by atoms with Crippen LogP contribution < -0.4 is 5.32 Å². The predicted octanol–water partition coefficient (Wildman–Crippen LogP) is 0.692. The van der Waals surface area contributed by atoms with Crippen molar-refractivity contribution >= 4 is 5.91 Å². The Labute approximate surface area is 96.7 Å². The molecule has 0 spiro atoms. The van der Waals surface area contributed by atoms with Gasteiger partial charge in [-0.2, -0.15) is 0 Å². The monoisotopic (exact) mass is 221 g/mol. The van der Waals surface area contributed by atoms with Crippen LogP contribution in [0, 0.1) is 0 Å². The number of carbonyl (C=O) groups is 1. The van der Waals surface area contributed by atoms with Gasteiger partial charge in [-0.3, -0.25) is 9.78 Å². The maximum absolute atomic E-state index is 11.6.